The van der Waals surface area contributed by atoms with E-state index in [1.807, 2.05) is 11.0 Å². The number of allylic oxidation sites excluding steroid dienone is 1. The van der Waals surface area contributed by atoms with E-state index in [9.17, 15) is 9.59 Å². The van der Waals surface area contributed by atoms with Crippen LogP contribution < -0.4 is 5.56 Å². The lowest BCUT2D eigenvalue weighted by Gasteiger charge is -2.23. The van der Waals surface area contributed by atoms with Crippen LogP contribution in [0.2, 0.25) is 0 Å². The minimum Gasteiger partial charge on any atom is -0.381 e. The van der Waals surface area contributed by atoms with Crippen LogP contribution in [-0.2, 0) is 28.9 Å². The summed E-state index contributed by atoms with van der Waals surface area (Å²) in [5.41, 5.74) is 2.22. The van der Waals surface area contributed by atoms with E-state index in [-0.39, 0.29) is 17.4 Å². The van der Waals surface area contributed by atoms with E-state index in [0.717, 1.165) is 25.0 Å². The lowest BCUT2D eigenvalue weighted by atomic mass is 10.1. The van der Waals surface area contributed by atoms with Crippen molar-refractivity contribution in [2.75, 3.05) is 26.3 Å². The summed E-state index contributed by atoms with van der Waals surface area (Å²) in [7, 11) is 0. The zero-order valence-electron chi connectivity index (χ0n) is 12.8. The van der Waals surface area contributed by atoms with Crippen molar-refractivity contribution in [3.8, 4) is 0 Å². The standard InChI is InChI=1S/C17H22N2O3/c1-2-8-19-15-6-10-18(17(21)14-7-11-22-12-14)9-5-13(15)3-4-16(19)20/h2-4,14H,1,5-12H2. The molecule has 0 bridgehead atoms. The van der Waals surface area contributed by atoms with Crippen LogP contribution in [0.1, 0.15) is 17.7 Å². The molecule has 0 saturated carbocycles. The molecule has 0 aromatic carbocycles. The molecule has 2 aliphatic heterocycles. The summed E-state index contributed by atoms with van der Waals surface area (Å²) in [6.07, 6.45) is 4.08. The second-order valence-corrected chi connectivity index (χ2v) is 5.93. The topological polar surface area (TPSA) is 51.5 Å². The molecule has 3 rings (SSSR count). The predicted molar refractivity (Wildman–Crippen MR) is 83.8 cm³/mol. The molecule has 22 heavy (non-hydrogen) atoms. The molecule has 1 aromatic heterocycles. The molecule has 5 nitrogen and oxygen atoms in total. The fraction of sp³-hybridized carbons (Fsp3) is 0.529. The van der Waals surface area contributed by atoms with Gasteiger partial charge in [0, 0.05) is 44.4 Å². The molecule has 1 unspecified atom stereocenters. The van der Waals surface area contributed by atoms with Gasteiger partial charge in [-0.05, 0) is 18.4 Å². The Morgan fingerprint density at radius 2 is 2.18 bits per heavy atom. The molecule has 0 radical (unpaired) electrons. The summed E-state index contributed by atoms with van der Waals surface area (Å²) in [6.45, 7) is 6.86. The number of amides is 1. The highest BCUT2D eigenvalue weighted by atomic mass is 16.5. The number of nitrogens with zero attached hydrogens (tertiary/aromatic N) is 2. The fourth-order valence-corrected chi connectivity index (χ4v) is 3.33. The van der Waals surface area contributed by atoms with Crippen LogP contribution in [0.3, 0.4) is 0 Å². The first-order valence-corrected chi connectivity index (χ1v) is 7.89. The van der Waals surface area contributed by atoms with Crippen molar-refractivity contribution in [1.82, 2.24) is 9.47 Å². The molecule has 0 aliphatic carbocycles. The Morgan fingerprint density at radius 1 is 1.36 bits per heavy atom. The third-order valence-electron chi connectivity index (χ3n) is 4.56. The first-order chi connectivity index (χ1) is 10.7. The SMILES string of the molecule is C=CCn1c2c(ccc1=O)CCN(C(=O)C1CCOC1)CC2. The Bertz CT molecular complexity index is 629. The minimum absolute atomic E-state index is 0.00243. The third-order valence-corrected chi connectivity index (χ3v) is 4.56. The maximum Gasteiger partial charge on any atom is 0.251 e. The summed E-state index contributed by atoms with van der Waals surface area (Å²) in [5.74, 6) is 0.208. The van der Waals surface area contributed by atoms with Crippen LogP contribution >= 0.6 is 0 Å². The summed E-state index contributed by atoms with van der Waals surface area (Å²) in [6, 6.07) is 3.52. The zero-order valence-corrected chi connectivity index (χ0v) is 12.8. The van der Waals surface area contributed by atoms with Gasteiger partial charge in [-0.25, -0.2) is 0 Å². The van der Waals surface area contributed by atoms with Gasteiger partial charge in [0.2, 0.25) is 5.91 Å². The lowest BCUT2D eigenvalue weighted by molar-refractivity contribution is -0.135. The molecule has 1 amide bonds. The van der Waals surface area contributed by atoms with Crippen molar-refractivity contribution < 1.29 is 9.53 Å². The Hall–Kier alpha value is -1.88. The number of hydrogen-bond donors (Lipinski definition) is 0. The summed E-state index contributed by atoms with van der Waals surface area (Å²) in [5, 5.41) is 0. The maximum atomic E-state index is 12.5. The van der Waals surface area contributed by atoms with E-state index in [1.165, 1.54) is 5.56 Å². The summed E-state index contributed by atoms with van der Waals surface area (Å²) < 4.78 is 7.10. The van der Waals surface area contributed by atoms with Gasteiger partial charge in [-0.3, -0.25) is 9.59 Å². The first kappa shape index (κ1) is 15.0. The van der Waals surface area contributed by atoms with Gasteiger partial charge >= 0.3 is 0 Å². The van der Waals surface area contributed by atoms with E-state index in [0.29, 0.717) is 32.8 Å². The molecule has 1 aromatic rings. The number of aromatic nitrogens is 1. The number of fused-ring (bicyclic) bond motifs is 1. The van der Waals surface area contributed by atoms with Crippen molar-refractivity contribution in [3.63, 3.8) is 0 Å². The average Bonchev–Trinajstić information content (AvgIpc) is 2.97. The van der Waals surface area contributed by atoms with Gasteiger partial charge in [0.15, 0.2) is 0 Å². The zero-order chi connectivity index (χ0) is 15.5. The van der Waals surface area contributed by atoms with E-state index in [4.69, 9.17) is 4.74 Å². The van der Waals surface area contributed by atoms with Crippen LogP contribution in [0.4, 0.5) is 0 Å². The van der Waals surface area contributed by atoms with Crippen LogP contribution in [0, 0.1) is 5.92 Å². The molecule has 2 aliphatic rings. The molecule has 118 valence electrons. The smallest absolute Gasteiger partial charge is 0.251 e. The van der Waals surface area contributed by atoms with Gasteiger partial charge in [-0.2, -0.15) is 0 Å². The lowest BCUT2D eigenvalue weighted by Crippen LogP contribution is -2.38. The average molecular weight is 302 g/mol. The van der Waals surface area contributed by atoms with E-state index in [1.54, 1.807) is 16.7 Å². The molecule has 3 heterocycles. The largest absolute Gasteiger partial charge is 0.381 e. The van der Waals surface area contributed by atoms with Crippen molar-refractivity contribution in [2.45, 2.75) is 25.8 Å². The first-order valence-electron chi connectivity index (χ1n) is 7.89. The monoisotopic (exact) mass is 302 g/mol. The Kier molecular flexibility index (Phi) is 4.43. The molecule has 1 atom stereocenters. The van der Waals surface area contributed by atoms with Gasteiger partial charge in [-0.15, -0.1) is 6.58 Å². The second kappa shape index (κ2) is 6.48. The molecule has 0 spiro atoms. The van der Waals surface area contributed by atoms with Crippen molar-refractivity contribution in [3.05, 3.63) is 46.4 Å². The normalized spacial score (nSPS) is 21.3. The highest BCUT2D eigenvalue weighted by Crippen LogP contribution is 2.19. The van der Waals surface area contributed by atoms with Crippen LogP contribution in [-0.4, -0.2) is 41.7 Å². The summed E-state index contributed by atoms with van der Waals surface area (Å²) in [4.78, 5) is 26.5. The van der Waals surface area contributed by atoms with Gasteiger partial charge in [-0.1, -0.05) is 12.1 Å². The van der Waals surface area contributed by atoms with E-state index in [2.05, 4.69) is 6.58 Å². The third kappa shape index (κ3) is 2.86. The number of carbonyl (C=O) groups excluding carboxylic acids is 1. The van der Waals surface area contributed by atoms with Crippen LogP contribution in [0.25, 0.3) is 0 Å². The predicted octanol–water partition coefficient (Wildman–Crippen LogP) is 0.998. The number of pyridine rings is 1. The maximum absolute atomic E-state index is 12.5. The van der Waals surface area contributed by atoms with Crippen LogP contribution in [0.5, 0.6) is 0 Å². The Labute approximate surface area is 130 Å². The number of hydrogen-bond acceptors (Lipinski definition) is 3. The molecule has 1 saturated heterocycles. The number of rotatable bonds is 3. The Morgan fingerprint density at radius 3 is 2.91 bits per heavy atom. The Balaban J connectivity index is 1.80. The van der Waals surface area contributed by atoms with E-state index < -0.39 is 0 Å². The highest BCUT2D eigenvalue weighted by molar-refractivity contribution is 5.79. The van der Waals surface area contributed by atoms with Crippen molar-refractivity contribution in [1.29, 1.82) is 0 Å². The second-order valence-electron chi connectivity index (χ2n) is 5.93. The van der Waals surface area contributed by atoms with Gasteiger partial charge < -0.3 is 14.2 Å². The van der Waals surface area contributed by atoms with Crippen molar-refractivity contribution in [2.24, 2.45) is 5.92 Å². The number of ether oxygens (including phenoxy) is 1. The number of carbonyl (C=O) groups is 1. The van der Waals surface area contributed by atoms with Crippen LogP contribution in [0.15, 0.2) is 29.6 Å². The highest BCUT2D eigenvalue weighted by Gasteiger charge is 2.29. The minimum atomic E-state index is 0.00243. The summed E-state index contributed by atoms with van der Waals surface area (Å²) >= 11 is 0. The fourth-order valence-electron chi connectivity index (χ4n) is 3.33. The molecular weight excluding hydrogens is 280 g/mol. The molecule has 1 fully saturated rings. The van der Waals surface area contributed by atoms with Gasteiger partial charge in [0.1, 0.15) is 0 Å². The molecule has 5 heteroatoms. The van der Waals surface area contributed by atoms with Gasteiger partial charge in [0.25, 0.3) is 5.56 Å². The van der Waals surface area contributed by atoms with Crippen molar-refractivity contribution >= 4 is 5.91 Å². The van der Waals surface area contributed by atoms with E-state index >= 15 is 0 Å². The van der Waals surface area contributed by atoms with Gasteiger partial charge in [0.05, 0.1) is 12.5 Å². The molecule has 0 N–H and O–H groups in total. The molecular formula is C17H22N2O3. The quantitative estimate of drug-likeness (QED) is 0.783.